The van der Waals surface area contributed by atoms with Gasteiger partial charge in [0, 0.05) is 0 Å². The van der Waals surface area contributed by atoms with Crippen LogP contribution in [0.5, 0.6) is 0 Å². The maximum atomic E-state index is 4.00. The number of hydrogen-bond acceptors (Lipinski definition) is 2. The van der Waals surface area contributed by atoms with Crippen molar-refractivity contribution in [2.75, 3.05) is 0 Å². The monoisotopic (exact) mass is 160 g/mol. The van der Waals surface area contributed by atoms with Gasteiger partial charge in [-0.1, -0.05) is 35.9 Å². The van der Waals surface area contributed by atoms with Crippen molar-refractivity contribution in [2.45, 2.75) is 6.92 Å². The predicted molar refractivity (Wildman–Crippen MR) is 46.8 cm³/mol. The highest BCUT2D eigenvalue weighted by Crippen LogP contribution is 1.92. The molecule has 0 fully saturated rings. The molecule has 0 radical (unpaired) electrons. The van der Waals surface area contributed by atoms with Crippen molar-refractivity contribution in [1.82, 2.24) is 0 Å². The Kier molecular flexibility index (Phi) is 10.2. The van der Waals surface area contributed by atoms with Gasteiger partial charge in [0.15, 0.2) is 0 Å². The SMILES string of the molecule is Cc1ccccc1.Cl.NN. The molecule has 0 aromatic heterocycles. The van der Waals surface area contributed by atoms with Gasteiger partial charge < -0.3 is 0 Å². The maximum absolute atomic E-state index is 4.00. The summed E-state index contributed by atoms with van der Waals surface area (Å²) in [7, 11) is 0. The second-order valence-electron chi connectivity index (χ2n) is 1.65. The van der Waals surface area contributed by atoms with Crippen molar-refractivity contribution in [3.05, 3.63) is 35.9 Å². The highest BCUT2D eigenvalue weighted by molar-refractivity contribution is 5.85. The van der Waals surface area contributed by atoms with Gasteiger partial charge >= 0.3 is 0 Å². The molecule has 3 heteroatoms. The molecule has 1 rings (SSSR count). The Morgan fingerprint density at radius 2 is 1.40 bits per heavy atom. The third-order valence-corrected chi connectivity index (χ3v) is 0.940. The van der Waals surface area contributed by atoms with Gasteiger partial charge in [-0.3, -0.25) is 11.7 Å². The van der Waals surface area contributed by atoms with E-state index in [1.165, 1.54) is 5.56 Å². The zero-order chi connectivity index (χ0) is 7.11. The number of nitrogens with two attached hydrogens (primary N) is 2. The quantitative estimate of drug-likeness (QED) is 0.443. The summed E-state index contributed by atoms with van der Waals surface area (Å²) in [5.41, 5.74) is 1.32. The standard InChI is InChI=1S/C7H8.ClH.H4N2/c1-7-5-3-2-4-6-7;;1-2/h2-6H,1H3;1H;1-2H2. The van der Waals surface area contributed by atoms with Crippen LogP contribution < -0.4 is 11.7 Å². The van der Waals surface area contributed by atoms with E-state index in [1.807, 2.05) is 18.2 Å². The summed E-state index contributed by atoms with van der Waals surface area (Å²) in [6.45, 7) is 2.08. The third-order valence-electron chi connectivity index (χ3n) is 0.940. The predicted octanol–water partition coefficient (Wildman–Crippen LogP) is 1.24. The van der Waals surface area contributed by atoms with E-state index in [2.05, 4.69) is 30.7 Å². The highest BCUT2D eigenvalue weighted by Gasteiger charge is 1.72. The summed E-state index contributed by atoms with van der Waals surface area (Å²) in [4.78, 5) is 0. The summed E-state index contributed by atoms with van der Waals surface area (Å²) in [6.07, 6.45) is 0. The number of benzene rings is 1. The Morgan fingerprint density at radius 3 is 1.60 bits per heavy atom. The number of halogens is 1. The molecular formula is C7H13ClN2. The molecular weight excluding hydrogens is 148 g/mol. The normalized spacial score (nSPS) is 6.70. The summed E-state index contributed by atoms with van der Waals surface area (Å²) in [6, 6.07) is 10.3. The molecule has 0 bridgehead atoms. The van der Waals surface area contributed by atoms with Crippen LogP contribution in [0.2, 0.25) is 0 Å². The molecule has 0 amide bonds. The fourth-order valence-electron chi connectivity index (χ4n) is 0.534. The zero-order valence-electron chi connectivity index (χ0n) is 5.95. The fraction of sp³-hybridized carbons (Fsp3) is 0.143. The van der Waals surface area contributed by atoms with E-state index in [4.69, 9.17) is 0 Å². The molecule has 1 aromatic carbocycles. The molecule has 0 unspecified atom stereocenters. The smallest absolute Gasteiger partial charge is 0.0398 e. The van der Waals surface area contributed by atoms with E-state index in [-0.39, 0.29) is 12.4 Å². The molecule has 0 aliphatic carbocycles. The van der Waals surface area contributed by atoms with Crippen molar-refractivity contribution in [3.8, 4) is 0 Å². The lowest BCUT2D eigenvalue weighted by Crippen LogP contribution is -2.02. The van der Waals surface area contributed by atoms with Crippen LogP contribution in [0.3, 0.4) is 0 Å². The minimum Gasteiger partial charge on any atom is -0.274 e. The minimum atomic E-state index is 0. The lowest BCUT2D eigenvalue weighted by molar-refractivity contribution is 1.26. The molecule has 2 nitrogen and oxygen atoms in total. The molecule has 0 spiro atoms. The molecule has 0 atom stereocenters. The Morgan fingerprint density at radius 1 is 1.00 bits per heavy atom. The van der Waals surface area contributed by atoms with Crippen LogP contribution in [0.25, 0.3) is 0 Å². The Labute approximate surface area is 67.6 Å². The van der Waals surface area contributed by atoms with E-state index in [0.29, 0.717) is 0 Å². The van der Waals surface area contributed by atoms with E-state index in [0.717, 1.165) is 0 Å². The first-order valence-corrected chi connectivity index (χ1v) is 2.74. The van der Waals surface area contributed by atoms with Gasteiger partial charge in [0.1, 0.15) is 0 Å². The van der Waals surface area contributed by atoms with Crippen LogP contribution >= 0.6 is 12.4 Å². The molecule has 58 valence electrons. The molecule has 0 saturated carbocycles. The van der Waals surface area contributed by atoms with Gasteiger partial charge in [-0.05, 0) is 6.92 Å². The third kappa shape index (κ3) is 5.56. The fourth-order valence-corrected chi connectivity index (χ4v) is 0.534. The average molecular weight is 161 g/mol. The van der Waals surface area contributed by atoms with Crippen LogP contribution in [0.4, 0.5) is 0 Å². The zero-order valence-corrected chi connectivity index (χ0v) is 6.77. The number of hydrogen-bond donors (Lipinski definition) is 2. The van der Waals surface area contributed by atoms with Crippen LogP contribution in [0, 0.1) is 6.92 Å². The maximum Gasteiger partial charge on any atom is -0.0398 e. The second-order valence-corrected chi connectivity index (χ2v) is 1.65. The Hall–Kier alpha value is -0.570. The van der Waals surface area contributed by atoms with Crippen molar-refractivity contribution in [1.29, 1.82) is 0 Å². The lowest BCUT2D eigenvalue weighted by Gasteiger charge is -1.82. The van der Waals surface area contributed by atoms with Gasteiger partial charge in [0.05, 0.1) is 0 Å². The molecule has 10 heavy (non-hydrogen) atoms. The van der Waals surface area contributed by atoms with E-state index >= 15 is 0 Å². The first kappa shape index (κ1) is 12.1. The molecule has 0 aliphatic rings. The molecule has 0 saturated heterocycles. The van der Waals surface area contributed by atoms with Crippen molar-refractivity contribution in [2.24, 2.45) is 11.7 Å². The van der Waals surface area contributed by atoms with Crippen LogP contribution in [0.1, 0.15) is 5.56 Å². The first-order chi connectivity index (χ1) is 4.39. The molecule has 4 N–H and O–H groups in total. The number of hydrazine groups is 1. The largest absolute Gasteiger partial charge is 0.274 e. The van der Waals surface area contributed by atoms with E-state index in [1.54, 1.807) is 0 Å². The van der Waals surface area contributed by atoms with E-state index in [9.17, 15) is 0 Å². The van der Waals surface area contributed by atoms with Crippen LogP contribution in [-0.2, 0) is 0 Å². The van der Waals surface area contributed by atoms with Gasteiger partial charge in [-0.15, -0.1) is 12.4 Å². The van der Waals surface area contributed by atoms with E-state index < -0.39 is 0 Å². The van der Waals surface area contributed by atoms with Gasteiger partial charge in [-0.2, -0.15) is 0 Å². The van der Waals surface area contributed by atoms with Gasteiger partial charge in [0.25, 0.3) is 0 Å². The molecule has 1 aromatic rings. The van der Waals surface area contributed by atoms with Gasteiger partial charge in [0.2, 0.25) is 0 Å². The minimum absolute atomic E-state index is 0. The summed E-state index contributed by atoms with van der Waals surface area (Å²) < 4.78 is 0. The number of rotatable bonds is 0. The van der Waals surface area contributed by atoms with Crippen molar-refractivity contribution < 1.29 is 0 Å². The summed E-state index contributed by atoms with van der Waals surface area (Å²) >= 11 is 0. The Bertz CT molecular complexity index is 142. The van der Waals surface area contributed by atoms with Crippen LogP contribution in [0.15, 0.2) is 30.3 Å². The second kappa shape index (κ2) is 8.43. The summed E-state index contributed by atoms with van der Waals surface area (Å²) in [5.74, 6) is 8.00. The lowest BCUT2D eigenvalue weighted by atomic mass is 10.2. The summed E-state index contributed by atoms with van der Waals surface area (Å²) in [5, 5.41) is 0. The first-order valence-electron chi connectivity index (χ1n) is 2.74. The Balaban J connectivity index is 0. The average Bonchev–Trinajstić information content (AvgIpc) is 1.94. The molecule has 0 aliphatic heterocycles. The number of aryl methyl sites for hydroxylation is 1. The van der Waals surface area contributed by atoms with Crippen molar-refractivity contribution in [3.63, 3.8) is 0 Å². The van der Waals surface area contributed by atoms with Crippen LogP contribution in [-0.4, -0.2) is 0 Å². The van der Waals surface area contributed by atoms with Gasteiger partial charge in [-0.25, -0.2) is 0 Å². The molecule has 0 heterocycles. The topological polar surface area (TPSA) is 52.0 Å². The highest BCUT2D eigenvalue weighted by atomic mass is 35.5. The van der Waals surface area contributed by atoms with Crippen molar-refractivity contribution >= 4 is 12.4 Å².